The van der Waals surface area contributed by atoms with E-state index < -0.39 is 0 Å². The zero-order valence-corrected chi connectivity index (χ0v) is 14.5. The minimum atomic E-state index is -0.125. The Kier molecular flexibility index (Phi) is 4.52. The summed E-state index contributed by atoms with van der Waals surface area (Å²) in [5.41, 5.74) is 0.458. The van der Waals surface area contributed by atoms with Crippen molar-refractivity contribution in [2.45, 2.75) is 44.3 Å². The molecule has 1 amide bonds. The van der Waals surface area contributed by atoms with Crippen LogP contribution < -0.4 is 0 Å². The van der Waals surface area contributed by atoms with Crippen molar-refractivity contribution < 1.29 is 9.53 Å². The van der Waals surface area contributed by atoms with Crippen molar-refractivity contribution in [1.82, 2.24) is 14.8 Å². The fourth-order valence-electron chi connectivity index (χ4n) is 3.60. The van der Waals surface area contributed by atoms with Gasteiger partial charge in [-0.3, -0.25) is 4.79 Å². The molecule has 0 unspecified atom stereocenters. The second-order valence-corrected chi connectivity index (χ2v) is 7.87. The van der Waals surface area contributed by atoms with Crippen LogP contribution in [0.4, 0.5) is 0 Å². The molecule has 22 heavy (non-hydrogen) atoms. The van der Waals surface area contributed by atoms with Crippen LogP contribution in [0.5, 0.6) is 0 Å². The number of likely N-dealkylation sites (tertiary alicyclic amines) is 1. The molecule has 2 saturated heterocycles. The van der Waals surface area contributed by atoms with Crippen molar-refractivity contribution in [3.05, 3.63) is 16.1 Å². The number of thiazole rings is 1. The second-order valence-electron chi connectivity index (χ2n) is 6.81. The van der Waals surface area contributed by atoms with Crippen LogP contribution in [0.3, 0.4) is 0 Å². The van der Waals surface area contributed by atoms with Gasteiger partial charge < -0.3 is 14.5 Å². The van der Waals surface area contributed by atoms with Crippen LogP contribution in [0, 0.1) is 6.92 Å². The van der Waals surface area contributed by atoms with Crippen molar-refractivity contribution in [2.24, 2.45) is 0 Å². The quantitative estimate of drug-likeness (QED) is 0.855. The first kappa shape index (κ1) is 15.9. The van der Waals surface area contributed by atoms with Gasteiger partial charge in [0.25, 0.3) is 5.91 Å². The summed E-state index contributed by atoms with van der Waals surface area (Å²) in [6.45, 7) is 4.39. The normalized spacial score (nSPS) is 28.7. The summed E-state index contributed by atoms with van der Waals surface area (Å²) in [5, 5.41) is 2.80. The van der Waals surface area contributed by atoms with E-state index in [-0.39, 0.29) is 11.5 Å². The topological polar surface area (TPSA) is 45.7 Å². The highest BCUT2D eigenvalue weighted by Gasteiger charge is 2.44. The molecule has 0 N–H and O–H groups in total. The molecular formula is C16H25N3O2S. The zero-order valence-electron chi connectivity index (χ0n) is 13.7. The molecule has 1 aromatic rings. The van der Waals surface area contributed by atoms with Gasteiger partial charge in [0.1, 0.15) is 5.69 Å². The largest absolute Gasteiger partial charge is 0.369 e. The Labute approximate surface area is 136 Å². The molecule has 0 bridgehead atoms. The third-order valence-electron chi connectivity index (χ3n) is 4.59. The average Bonchev–Trinajstić information content (AvgIpc) is 3.05. The van der Waals surface area contributed by atoms with Crippen LogP contribution in [-0.4, -0.2) is 66.1 Å². The lowest BCUT2D eigenvalue weighted by Crippen LogP contribution is -2.46. The van der Waals surface area contributed by atoms with E-state index in [9.17, 15) is 4.79 Å². The lowest BCUT2D eigenvalue weighted by molar-refractivity contribution is -0.124. The Hall–Kier alpha value is -0.980. The maximum absolute atomic E-state index is 12.6. The van der Waals surface area contributed by atoms with Gasteiger partial charge in [-0.05, 0) is 46.7 Å². The molecule has 1 spiro atoms. The third-order valence-corrected chi connectivity index (χ3v) is 5.36. The number of hydrogen-bond acceptors (Lipinski definition) is 5. The highest BCUT2D eigenvalue weighted by molar-refractivity contribution is 7.09. The van der Waals surface area contributed by atoms with E-state index in [2.05, 4.69) is 24.0 Å². The molecule has 6 heteroatoms. The molecule has 2 fully saturated rings. The van der Waals surface area contributed by atoms with Crippen LogP contribution in [0.1, 0.15) is 41.2 Å². The van der Waals surface area contributed by atoms with E-state index >= 15 is 0 Å². The number of likely N-dealkylation sites (N-methyl/N-ethyl adjacent to an activating group) is 1. The van der Waals surface area contributed by atoms with E-state index in [0.29, 0.717) is 18.3 Å². The Morgan fingerprint density at radius 3 is 3.05 bits per heavy atom. The molecular weight excluding hydrogens is 298 g/mol. The summed E-state index contributed by atoms with van der Waals surface area (Å²) in [7, 11) is 4.17. The van der Waals surface area contributed by atoms with Crippen molar-refractivity contribution >= 4 is 17.2 Å². The molecule has 0 radical (unpaired) electrons. The number of carbonyl (C=O) groups is 1. The maximum atomic E-state index is 12.6. The van der Waals surface area contributed by atoms with Crippen LogP contribution in [-0.2, 0) is 4.74 Å². The Morgan fingerprint density at radius 2 is 2.36 bits per heavy atom. The third kappa shape index (κ3) is 3.34. The summed E-state index contributed by atoms with van der Waals surface area (Å²) >= 11 is 1.53. The SMILES string of the molecule is Cc1nc(C(=O)N2CC[C@]3(CCC[C@H](CN(C)C)O3)C2)cs1. The predicted octanol–water partition coefficient (Wildman–Crippen LogP) is 2.17. The molecule has 2 aliphatic rings. The number of hydrogen-bond donors (Lipinski definition) is 0. The van der Waals surface area contributed by atoms with E-state index in [0.717, 1.165) is 37.4 Å². The van der Waals surface area contributed by atoms with Crippen LogP contribution in [0.15, 0.2) is 5.38 Å². The van der Waals surface area contributed by atoms with Crippen LogP contribution in [0.25, 0.3) is 0 Å². The molecule has 3 heterocycles. The molecule has 3 rings (SSSR count). The minimum Gasteiger partial charge on any atom is -0.369 e. The molecule has 0 aliphatic carbocycles. The predicted molar refractivity (Wildman–Crippen MR) is 87.4 cm³/mol. The molecule has 2 aliphatic heterocycles. The van der Waals surface area contributed by atoms with Gasteiger partial charge in [-0.15, -0.1) is 11.3 Å². The Bertz CT molecular complexity index is 545. The molecule has 1 aromatic heterocycles. The number of amides is 1. The molecule has 5 nitrogen and oxygen atoms in total. The maximum Gasteiger partial charge on any atom is 0.273 e. The average molecular weight is 323 g/mol. The lowest BCUT2D eigenvalue weighted by atomic mass is 9.90. The van der Waals surface area contributed by atoms with Gasteiger partial charge in [0.2, 0.25) is 0 Å². The number of ether oxygens (including phenoxy) is 1. The smallest absolute Gasteiger partial charge is 0.273 e. The van der Waals surface area contributed by atoms with Crippen LogP contribution >= 0.6 is 11.3 Å². The number of aromatic nitrogens is 1. The minimum absolute atomic E-state index is 0.0551. The van der Waals surface area contributed by atoms with Crippen LogP contribution in [0.2, 0.25) is 0 Å². The van der Waals surface area contributed by atoms with Crippen molar-refractivity contribution in [3.8, 4) is 0 Å². The Morgan fingerprint density at radius 1 is 1.55 bits per heavy atom. The summed E-state index contributed by atoms with van der Waals surface area (Å²) in [5.74, 6) is 0.0551. The second kappa shape index (κ2) is 6.26. The highest BCUT2D eigenvalue weighted by Crippen LogP contribution is 2.37. The molecule has 0 aromatic carbocycles. The van der Waals surface area contributed by atoms with Gasteiger partial charge in [0.05, 0.1) is 23.3 Å². The first-order valence-corrected chi connectivity index (χ1v) is 8.89. The van der Waals surface area contributed by atoms with E-state index in [1.807, 2.05) is 17.2 Å². The number of aryl methyl sites for hydroxylation is 1. The fourth-order valence-corrected chi connectivity index (χ4v) is 4.19. The van der Waals surface area contributed by atoms with Gasteiger partial charge in [0.15, 0.2) is 0 Å². The summed E-state index contributed by atoms with van der Waals surface area (Å²) in [4.78, 5) is 21.0. The first-order valence-electron chi connectivity index (χ1n) is 8.01. The van der Waals surface area contributed by atoms with Gasteiger partial charge in [-0.2, -0.15) is 0 Å². The summed E-state index contributed by atoms with van der Waals surface area (Å²) < 4.78 is 6.41. The van der Waals surface area contributed by atoms with Crippen molar-refractivity contribution in [1.29, 1.82) is 0 Å². The van der Waals surface area contributed by atoms with Gasteiger partial charge in [-0.1, -0.05) is 0 Å². The fraction of sp³-hybridized carbons (Fsp3) is 0.750. The summed E-state index contributed by atoms with van der Waals surface area (Å²) in [6.07, 6.45) is 4.62. The van der Waals surface area contributed by atoms with Gasteiger partial charge >= 0.3 is 0 Å². The lowest BCUT2D eigenvalue weighted by Gasteiger charge is -2.39. The molecule has 2 atom stereocenters. The van der Waals surface area contributed by atoms with Crippen molar-refractivity contribution in [3.63, 3.8) is 0 Å². The van der Waals surface area contributed by atoms with E-state index in [1.165, 1.54) is 17.8 Å². The van der Waals surface area contributed by atoms with E-state index in [4.69, 9.17) is 4.74 Å². The molecule has 0 saturated carbocycles. The van der Waals surface area contributed by atoms with E-state index in [1.54, 1.807) is 0 Å². The zero-order chi connectivity index (χ0) is 15.7. The van der Waals surface area contributed by atoms with Gasteiger partial charge in [-0.25, -0.2) is 4.98 Å². The monoisotopic (exact) mass is 323 g/mol. The number of rotatable bonds is 3. The highest BCUT2D eigenvalue weighted by atomic mass is 32.1. The standard InChI is InChI=1S/C16H25N3O2S/c1-12-17-14(10-22-12)15(20)19-8-7-16(11-19)6-4-5-13(21-16)9-18(2)3/h10,13H,4-9,11H2,1-3H3/t13-,16-/m1/s1. The summed E-state index contributed by atoms with van der Waals surface area (Å²) in [6, 6.07) is 0. The van der Waals surface area contributed by atoms with Gasteiger partial charge in [0, 0.05) is 18.5 Å². The number of nitrogens with zero attached hydrogens (tertiary/aromatic N) is 3. The Balaban J connectivity index is 1.64. The molecule has 122 valence electrons. The first-order chi connectivity index (χ1) is 10.5. The van der Waals surface area contributed by atoms with Crippen molar-refractivity contribution in [2.75, 3.05) is 33.7 Å². The number of carbonyl (C=O) groups excluding carboxylic acids is 1.